The van der Waals surface area contributed by atoms with Gasteiger partial charge in [-0.2, -0.15) is 0 Å². The molecule has 1 aromatic carbocycles. The molecule has 4 heteroatoms. The second kappa shape index (κ2) is 6.27. The third-order valence-electron chi connectivity index (χ3n) is 3.65. The predicted molar refractivity (Wildman–Crippen MR) is 77.6 cm³/mol. The largest absolute Gasteiger partial charge is 0.484 e. The Labute approximate surface area is 120 Å². The van der Waals surface area contributed by atoms with E-state index in [4.69, 9.17) is 4.74 Å². The number of hydrogen-bond donors (Lipinski definition) is 2. The average molecular weight is 277 g/mol. The van der Waals surface area contributed by atoms with Gasteiger partial charge in [-0.05, 0) is 44.4 Å². The molecular formula is C16H23NO3. The van der Waals surface area contributed by atoms with Crippen molar-refractivity contribution in [3.8, 4) is 5.75 Å². The van der Waals surface area contributed by atoms with Crippen LogP contribution in [0, 0.1) is 0 Å². The Morgan fingerprint density at radius 1 is 1.30 bits per heavy atom. The van der Waals surface area contributed by atoms with Gasteiger partial charge in [-0.25, -0.2) is 0 Å². The molecule has 4 nitrogen and oxygen atoms in total. The first-order valence-corrected chi connectivity index (χ1v) is 7.20. The van der Waals surface area contributed by atoms with Gasteiger partial charge in [-0.3, -0.25) is 4.79 Å². The topological polar surface area (TPSA) is 58.6 Å². The fourth-order valence-electron chi connectivity index (χ4n) is 2.45. The highest BCUT2D eigenvalue weighted by Gasteiger charge is 2.18. The maximum absolute atomic E-state index is 11.7. The van der Waals surface area contributed by atoms with Crippen LogP contribution in [-0.2, 0) is 10.4 Å². The second-order valence-corrected chi connectivity index (χ2v) is 5.92. The predicted octanol–water partition coefficient (Wildman–Crippen LogP) is 2.35. The monoisotopic (exact) mass is 277 g/mol. The molecule has 0 saturated heterocycles. The Hall–Kier alpha value is -1.55. The minimum Gasteiger partial charge on any atom is -0.484 e. The van der Waals surface area contributed by atoms with E-state index >= 15 is 0 Å². The quantitative estimate of drug-likeness (QED) is 0.868. The summed E-state index contributed by atoms with van der Waals surface area (Å²) >= 11 is 0. The molecule has 0 bridgehead atoms. The standard InChI is InChI=1S/C16H23NO3/c1-16(2,19)12-7-9-14(10-8-12)20-11-15(18)17-13-5-3-4-6-13/h7-10,13,19H,3-6,11H2,1-2H3,(H,17,18). The van der Waals surface area contributed by atoms with Crippen LogP contribution in [0.25, 0.3) is 0 Å². The molecule has 110 valence electrons. The van der Waals surface area contributed by atoms with Crippen molar-refractivity contribution < 1.29 is 14.6 Å². The van der Waals surface area contributed by atoms with Crippen molar-refractivity contribution in [1.29, 1.82) is 0 Å². The summed E-state index contributed by atoms with van der Waals surface area (Å²) in [5, 5.41) is 12.8. The normalized spacial score (nSPS) is 16.1. The van der Waals surface area contributed by atoms with Crippen LogP contribution in [0.5, 0.6) is 5.75 Å². The van der Waals surface area contributed by atoms with Crippen LogP contribution in [0.15, 0.2) is 24.3 Å². The molecule has 1 aliphatic carbocycles. The highest BCUT2D eigenvalue weighted by atomic mass is 16.5. The van der Waals surface area contributed by atoms with Crippen molar-refractivity contribution >= 4 is 5.91 Å². The lowest BCUT2D eigenvalue weighted by Gasteiger charge is -2.18. The van der Waals surface area contributed by atoms with E-state index < -0.39 is 5.60 Å². The summed E-state index contributed by atoms with van der Waals surface area (Å²) in [6.07, 6.45) is 4.55. The van der Waals surface area contributed by atoms with Crippen LogP contribution in [0.3, 0.4) is 0 Å². The molecule has 20 heavy (non-hydrogen) atoms. The van der Waals surface area contributed by atoms with E-state index in [0.717, 1.165) is 18.4 Å². The molecular weight excluding hydrogens is 254 g/mol. The van der Waals surface area contributed by atoms with Crippen LogP contribution in [0.2, 0.25) is 0 Å². The van der Waals surface area contributed by atoms with Gasteiger partial charge in [0.05, 0.1) is 5.60 Å². The number of benzene rings is 1. The summed E-state index contributed by atoms with van der Waals surface area (Å²) in [5.41, 5.74) is -0.0430. The number of carbonyl (C=O) groups excluding carboxylic acids is 1. The molecule has 0 heterocycles. The molecule has 2 N–H and O–H groups in total. The lowest BCUT2D eigenvalue weighted by Crippen LogP contribution is -2.36. The zero-order chi connectivity index (χ0) is 14.6. The van der Waals surface area contributed by atoms with E-state index in [1.165, 1.54) is 12.8 Å². The Morgan fingerprint density at radius 3 is 2.45 bits per heavy atom. The van der Waals surface area contributed by atoms with E-state index in [1.54, 1.807) is 26.0 Å². The summed E-state index contributed by atoms with van der Waals surface area (Å²) in [7, 11) is 0. The molecule has 0 spiro atoms. The van der Waals surface area contributed by atoms with Gasteiger partial charge in [0.25, 0.3) is 5.91 Å². The molecule has 1 aromatic rings. The van der Waals surface area contributed by atoms with Crippen molar-refractivity contribution in [2.75, 3.05) is 6.61 Å². The van der Waals surface area contributed by atoms with E-state index in [1.807, 2.05) is 12.1 Å². The number of carbonyl (C=O) groups is 1. The summed E-state index contributed by atoms with van der Waals surface area (Å²) < 4.78 is 5.45. The fourth-order valence-corrected chi connectivity index (χ4v) is 2.45. The Balaban J connectivity index is 1.80. The van der Waals surface area contributed by atoms with Gasteiger partial charge >= 0.3 is 0 Å². The van der Waals surface area contributed by atoms with Gasteiger partial charge in [0.1, 0.15) is 5.75 Å². The molecule has 0 radical (unpaired) electrons. The molecule has 0 unspecified atom stereocenters. The first kappa shape index (κ1) is 14.9. The summed E-state index contributed by atoms with van der Waals surface area (Å²) in [6, 6.07) is 7.49. The number of amides is 1. The van der Waals surface area contributed by atoms with Crippen molar-refractivity contribution in [3.05, 3.63) is 29.8 Å². The van der Waals surface area contributed by atoms with E-state index in [-0.39, 0.29) is 12.5 Å². The summed E-state index contributed by atoms with van der Waals surface area (Å²) in [6.45, 7) is 3.51. The molecule has 0 aromatic heterocycles. The second-order valence-electron chi connectivity index (χ2n) is 5.92. The maximum atomic E-state index is 11.7. The van der Waals surface area contributed by atoms with Gasteiger partial charge in [-0.1, -0.05) is 25.0 Å². The zero-order valence-corrected chi connectivity index (χ0v) is 12.2. The number of nitrogens with one attached hydrogen (secondary N) is 1. The number of aliphatic hydroxyl groups is 1. The van der Waals surface area contributed by atoms with Gasteiger partial charge in [0, 0.05) is 6.04 Å². The molecule has 1 amide bonds. The smallest absolute Gasteiger partial charge is 0.258 e. The maximum Gasteiger partial charge on any atom is 0.258 e. The number of rotatable bonds is 5. The number of ether oxygens (including phenoxy) is 1. The average Bonchev–Trinajstić information content (AvgIpc) is 2.88. The minimum atomic E-state index is -0.863. The SMILES string of the molecule is CC(C)(O)c1ccc(OCC(=O)NC2CCCC2)cc1. The van der Waals surface area contributed by atoms with Crippen LogP contribution in [-0.4, -0.2) is 23.7 Å². The molecule has 0 atom stereocenters. The van der Waals surface area contributed by atoms with E-state index in [2.05, 4.69) is 5.32 Å². The Kier molecular flexibility index (Phi) is 4.65. The molecule has 2 rings (SSSR count). The first-order valence-electron chi connectivity index (χ1n) is 7.20. The molecule has 1 aliphatic rings. The van der Waals surface area contributed by atoms with Gasteiger partial charge in [-0.15, -0.1) is 0 Å². The van der Waals surface area contributed by atoms with Crippen LogP contribution in [0.1, 0.15) is 45.1 Å². The molecule has 0 aliphatic heterocycles. The van der Waals surface area contributed by atoms with E-state index in [9.17, 15) is 9.90 Å². The molecule has 1 fully saturated rings. The van der Waals surface area contributed by atoms with E-state index in [0.29, 0.717) is 11.8 Å². The zero-order valence-electron chi connectivity index (χ0n) is 12.2. The third kappa shape index (κ3) is 4.23. The Morgan fingerprint density at radius 2 is 1.90 bits per heavy atom. The Bertz CT molecular complexity index is 442. The molecule has 1 saturated carbocycles. The lowest BCUT2D eigenvalue weighted by atomic mass is 9.99. The minimum absolute atomic E-state index is 0.0400. The van der Waals surface area contributed by atoms with Crippen LogP contribution in [0.4, 0.5) is 0 Å². The lowest BCUT2D eigenvalue weighted by molar-refractivity contribution is -0.123. The van der Waals surface area contributed by atoms with Gasteiger partial charge in [0.15, 0.2) is 6.61 Å². The van der Waals surface area contributed by atoms with Crippen molar-refractivity contribution in [3.63, 3.8) is 0 Å². The van der Waals surface area contributed by atoms with Gasteiger partial charge < -0.3 is 15.2 Å². The number of hydrogen-bond acceptors (Lipinski definition) is 3. The summed E-state index contributed by atoms with van der Waals surface area (Å²) in [4.78, 5) is 11.7. The van der Waals surface area contributed by atoms with Crippen molar-refractivity contribution in [2.45, 2.75) is 51.2 Å². The highest BCUT2D eigenvalue weighted by molar-refractivity contribution is 5.77. The van der Waals surface area contributed by atoms with Crippen molar-refractivity contribution in [2.24, 2.45) is 0 Å². The van der Waals surface area contributed by atoms with Crippen LogP contribution < -0.4 is 10.1 Å². The first-order chi connectivity index (χ1) is 9.45. The van der Waals surface area contributed by atoms with Crippen molar-refractivity contribution in [1.82, 2.24) is 5.32 Å². The fraction of sp³-hybridized carbons (Fsp3) is 0.562. The highest BCUT2D eigenvalue weighted by Crippen LogP contribution is 2.22. The van der Waals surface area contributed by atoms with Gasteiger partial charge in [0.2, 0.25) is 0 Å². The third-order valence-corrected chi connectivity index (χ3v) is 3.65. The van der Waals surface area contributed by atoms with Crippen LogP contribution >= 0.6 is 0 Å². The summed E-state index contributed by atoms with van der Waals surface area (Å²) in [5.74, 6) is 0.572.